The molecule has 1 N–H and O–H groups in total. The maximum atomic E-state index is 11.4. The second kappa shape index (κ2) is 8.59. The van der Waals surface area contributed by atoms with E-state index in [4.69, 9.17) is 14.2 Å². The summed E-state index contributed by atoms with van der Waals surface area (Å²) in [5.74, 6) is -0.662. The van der Waals surface area contributed by atoms with Crippen molar-refractivity contribution in [2.24, 2.45) is 0 Å². The number of rotatable bonds is 7. The molecule has 0 unspecified atom stereocenters. The first-order valence-corrected chi connectivity index (χ1v) is 8.40. The molecule has 3 rings (SSSR count). The highest BCUT2D eigenvalue weighted by Gasteiger charge is 2.18. The number of hydrogen-bond donors (Lipinski definition) is 1. The van der Waals surface area contributed by atoms with E-state index in [0.29, 0.717) is 12.4 Å². The van der Waals surface area contributed by atoms with Crippen LogP contribution < -0.4 is 9.47 Å². The van der Waals surface area contributed by atoms with Gasteiger partial charge in [-0.2, -0.15) is 4.98 Å². The van der Waals surface area contributed by atoms with Crippen molar-refractivity contribution in [1.29, 1.82) is 0 Å². The van der Waals surface area contributed by atoms with Gasteiger partial charge >= 0.3 is 12.0 Å². The second-order valence-corrected chi connectivity index (χ2v) is 5.85. The lowest BCUT2D eigenvalue weighted by Gasteiger charge is -2.26. The van der Waals surface area contributed by atoms with Crippen LogP contribution in [0.4, 0.5) is 0 Å². The van der Waals surface area contributed by atoms with Crippen LogP contribution in [0, 0.1) is 6.92 Å². The fraction of sp³-hybridized carbons (Fsp3) is 0.389. The largest absolute Gasteiger partial charge is 0.477 e. The summed E-state index contributed by atoms with van der Waals surface area (Å²) in [5.41, 5.74) is 0.756. The van der Waals surface area contributed by atoms with Gasteiger partial charge < -0.3 is 19.3 Å². The first-order valence-electron chi connectivity index (χ1n) is 8.40. The lowest BCUT2D eigenvalue weighted by Crippen LogP contribution is -2.38. The van der Waals surface area contributed by atoms with Crippen LogP contribution in [-0.2, 0) is 4.74 Å². The Kier molecular flexibility index (Phi) is 5.98. The number of aromatic carboxylic acids is 1. The van der Waals surface area contributed by atoms with E-state index in [-0.39, 0.29) is 17.5 Å². The van der Waals surface area contributed by atoms with Crippen molar-refractivity contribution < 1.29 is 24.1 Å². The highest BCUT2D eigenvalue weighted by atomic mass is 16.5. The summed E-state index contributed by atoms with van der Waals surface area (Å²) >= 11 is 0. The zero-order valence-electron chi connectivity index (χ0n) is 14.6. The molecule has 26 heavy (non-hydrogen) atoms. The number of nitrogens with zero attached hydrogens (tertiary/aromatic N) is 3. The molecule has 1 aromatic heterocycles. The highest BCUT2D eigenvalue weighted by molar-refractivity contribution is 5.89. The summed E-state index contributed by atoms with van der Waals surface area (Å²) < 4.78 is 16.6. The van der Waals surface area contributed by atoms with Gasteiger partial charge in [0.1, 0.15) is 17.9 Å². The van der Waals surface area contributed by atoms with Crippen molar-refractivity contribution in [3.05, 3.63) is 41.6 Å². The van der Waals surface area contributed by atoms with Crippen LogP contribution >= 0.6 is 0 Å². The molecule has 138 valence electrons. The summed E-state index contributed by atoms with van der Waals surface area (Å²) in [7, 11) is 0. The zero-order valence-corrected chi connectivity index (χ0v) is 14.6. The summed E-state index contributed by atoms with van der Waals surface area (Å²) in [4.78, 5) is 21.7. The molecule has 1 fully saturated rings. The molecular formula is C18H21N3O5. The Labute approximate surface area is 151 Å². The Morgan fingerprint density at radius 3 is 2.81 bits per heavy atom. The Hall–Kier alpha value is -2.71. The van der Waals surface area contributed by atoms with E-state index < -0.39 is 5.97 Å². The molecule has 8 nitrogen and oxygen atoms in total. The van der Waals surface area contributed by atoms with Crippen molar-refractivity contribution >= 4 is 5.97 Å². The Bertz CT molecular complexity index is 762. The SMILES string of the molecule is Cc1ccccc1Oc1nc(OCCN2CCOCC2)ncc1C(=O)O. The number of para-hydroxylation sites is 1. The monoisotopic (exact) mass is 359 g/mol. The number of carbonyl (C=O) groups is 1. The quantitative estimate of drug-likeness (QED) is 0.802. The minimum absolute atomic E-state index is 0.0387. The third kappa shape index (κ3) is 4.68. The summed E-state index contributed by atoms with van der Waals surface area (Å²) in [6.07, 6.45) is 1.20. The van der Waals surface area contributed by atoms with Crippen LogP contribution in [0.5, 0.6) is 17.6 Å². The van der Waals surface area contributed by atoms with Crippen LogP contribution in [-0.4, -0.2) is 65.4 Å². The number of hydrogen-bond acceptors (Lipinski definition) is 7. The Morgan fingerprint density at radius 1 is 1.31 bits per heavy atom. The number of ether oxygens (including phenoxy) is 3. The first kappa shape index (κ1) is 18.1. The lowest BCUT2D eigenvalue weighted by molar-refractivity contribution is 0.0317. The topological polar surface area (TPSA) is 94.0 Å². The normalized spacial score (nSPS) is 14.8. The van der Waals surface area contributed by atoms with Gasteiger partial charge in [-0.15, -0.1) is 0 Å². The highest BCUT2D eigenvalue weighted by Crippen LogP contribution is 2.27. The van der Waals surface area contributed by atoms with Crippen LogP contribution in [0.3, 0.4) is 0 Å². The number of carboxylic acid groups (broad SMARTS) is 1. The molecule has 0 atom stereocenters. The smallest absolute Gasteiger partial charge is 0.342 e. The molecule has 1 aliphatic heterocycles. The van der Waals surface area contributed by atoms with Crippen molar-refractivity contribution in [3.8, 4) is 17.6 Å². The van der Waals surface area contributed by atoms with E-state index in [1.165, 1.54) is 6.20 Å². The van der Waals surface area contributed by atoms with E-state index in [0.717, 1.165) is 38.4 Å². The average molecular weight is 359 g/mol. The molecule has 2 aromatic rings. The second-order valence-electron chi connectivity index (χ2n) is 5.85. The predicted molar refractivity (Wildman–Crippen MR) is 93.0 cm³/mol. The van der Waals surface area contributed by atoms with Gasteiger partial charge in [-0.05, 0) is 18.6 Å². The molecule has 0 amide bonds. The molecule has 0 radical (unpaired) electrons. The van der Waals surface area contributed by atoms with E-state index in [1.54, 1.807) is 6.07 Å². The third-order valence-electron chi connectivity index (χ3n) is 4.00. The number of benzene rings is 1. The molecular weight excluding hydrogens is 338 g/mol. The Balaban J connectivity index is 1.69. The number of carboxylic acids is 1. The maximum absolute atomic E-state index is 11.4. The van der Waals surface area contributed by atoms with E-state index in [9.17, 15) is 9.90 Å². The molecule has 2 heterocycles. The van der Waals surface area contributed by atoms with Crippen LogP contribution in [0.1, 0.15) is 15.9 Å². The minimum atomic E-state index is -1.16. The molecule has 1 aliphatic rings. The van der Waals surface area contributed by atoms with Gasteiger partial charge in [0.25, 0.3) is 0 Å². The van der Waals surface area contributed by atoms with E-state index in [1.807, 2.05) is 25.1 Å². The van der Waals surface area contributed by atoms with Crippen LogP contribution in [0.15, 0.2) is 30.5 Å². The van der Waals surface area contributed by atoms with Crippen molar-refractivity contribution in [2.45, 2.75) is 6.92 Å². The molecule has 8 heteroatoms. The van der Waals surface area contributed by atoms with Gasteiger partial charge in [0.15, 0.2) is 0 Å². The van der Waals surface area contributed by atoms with Crippen molar-refractivity contribution in [1.82, 2.24) is 14.9 Å². The number of aromatic nitrogens is 2. The van der Waals surface area contributed by atoms with Crippen LogP contribution in [0.25, 0.3) is 0 Å². The zero-order chi connectivity index (χ0) is 18.4. The van der Waals surface area contributed by atoms with Gasteiger partial charge in [0.05, 0.1) is 19.4 Å². The molecule has 0 saturated carbocycles. The summed E-state index contributed by atoms with van der Waals surface area (Å²) in [6, 6.07) is 7.40. The standard InChI is InChI=1S/C18H21N3O5/c1-13-4-2-3-5-15(13)26-16-14(17(22)23)12-19-18(20-16)25-11-8-21-6-9-24-10-7-21/h2-5,12H,6-11H2,1H3,(H,22,23). The molecule has 0 bridgehead atoms. The average Bonchev–Trinajstić information content (AvgIpc) is 2.64. The summed E-state index contributed by atoms with van der Waals surface area (Å²) in [5, 5.41) is 9.33. The molecule has 1 saturated heterocycles. The summed E-state index contributed by atoms with van der Waals surface area (Å²) in [6.45, 7) is 6.17. The predicted octanol–water partition coefficient (Wildman–Crippen LogP) is 1.99. The molecule has 0 spiro atoms. The van der Waals surface area contributed by atoms with Gasteiger partial charge in [0, 0.05) is 19.6 Å². The van der Waals surface area contributed by atoms with Gasteiger partial charge in [-0.25, -0.2) is 9.78 Å². The minimum Gasteiger partial charge on any atom is -0.477 e. The lowest BCUT2D eigenvalue weighted by atomic mass is 10.2. The molecule has 1 aromatic carbocycles. The van der Waals surface area contributed by atoms with Gasteiger partial charge in [-0.1, -0.05) is 18.2 Å². The van der Waals surface area contributed by atoms with Crippen molar-refractivity contribution in [3.63, 3.8) is 0 Å². The van der Waals surface area contributed by atoms with Gasteiger partial charge in [0.2, 0.25) is 5.88 Å². The van der Waals surface area contributed by atoms with Crippen LogP contribution in [0.2, 0.25) is 0 Å². The Morgan fingerprint density at radius 2 is 2.08 bits per heavy atom. The fourth-order valence-electron chi connectivity index (χ4n) is 2.51. The maximum Gasteiger partial charge on any atom is 0.342 e. The first-order chi connectivity index (χ1) is 12.6. The van der Waals surface area contributed by atoms with E-state index in [2.05, 4.69) is 14.9 Å². The third-order valence-corrected chi connectivity index (χ3v) is 4.00. The van der Waals surface area contributed by atoms with E-state index >= 15 is 0 Å². The fourth-order valence-corrected chi connectivity index (χ4v) is 2.51. The molecule has 0 aliphatic carbocycles. The van der Waals surface area contributed by atoms with Gasteiger partial charge in [-0.3, -0.25) is 4.90 Å². The van der Waals surface area contributed by atoms with Crippen molar-refractivity contribution in [2.75, 3.05) is 39.5 Å². The number of aryl methyl sites for hydroxylation is 1. The number of morpholine rings is 1.